The highest BCUT2D eigenvalue weighted by Crippen LogP contribution is 2.29. The number of alkyl halides is 3. The van der Waals surface area contributed by atoms with Crippen LogP contribution in [0, 0.1) is 6.92 Å². The number of aryl methyl sites for hydroxylation is 1. The quantitative estimate of drug-likeness (QED) is 0.878. The van der Waals surface area contributed by atoms with E-state index in [-0.39, 0.29) is 5.69 Å². The van der Waals surface area contributed by atoms with Gasteiger partial charge in [0, 0.05) is 10.2 Å². The summed E-state index contributed by atoms with van der Waals surface area (Å²) < 4.78 is 38.3. The number of rotatable bonds is 2. The smallest absolute Gasteiger partial charge is 0.324 e. The van der Waals surface area contributed by atoms with E-state index in [0.717, 1.165) is 5.56 Å². The second kappa shape index (κ2) is 4.89. The predicted molar refractivity (Wildman–Crippen MR) is 66.2 cm³/mol. The van der Waals surface area contributed by atoms with E-state index in [0.29, 0.717) is 11.4 Å². The summed E-state index contributed by atoms with van der Waals surface area (Å²) in [7, 11) is 0. The summed E-state index contributed by atoms with van der Waals surface area (Å²) in [5, 5.41) is 2.16. The van der Waals surface area contributed by atoms with Gasteiger partial charge in [0.25, 0.3) is 5.91 Å². The zero-order valence-electron chi connectivity index (χ0n) is 9.73. The van der Waals surface area contributed by atoms with Gasteiger partial charge >= 0.3 is 6.18 Å². The van der Waals surface area contributed by atoms with Crippen LogP contribution in [0.15, 0.2) is 22.7 Å². The molecule has 0 heterocycles. The molecule has 0 saturated carbocycles. The SMILES string of the molecule is Cc1cc(Br)cc(NC(=O)C(C)(N)C(F)(F)F)c1. The Morgan fingerprint density at radius 2 is 1.89 bits per heavy atom. The number of hydrogen-bond acceptors (Lipinski definition) is 2. The van der Waals surface area contributed by atoms with Gasteiger partial charge in [-0.1, -0.05) is 15.9 Å². The molecule has 1 aromatic carbocycles. The Morgan fingerprint density at radius 1 is 1.33 bits per heavy atom. The number of nitrogens with two attached hydrogens (primary N) is 1. The lowest BCUT2D eigenvalue weighted by molar-refractivity contribution is -0.184. The van der Waals surface area contributed by atoms with Gasteiger partial charge in [0.2, 0.25) is 0 Å². The van der Waals surface area contributed by atoms with Crippen molar-refractivity contribution < 1.29 is 18.0 Å². The van der Waals surface area contributed by atoms with Gasteiger partial charge in [0.1, 0.15) is 0 Å². The Kier molecular flexibility index (Phi) is 4.07. The van der Waals surface area contributed by atoms with Crippen LogP contribution < -0.4 is 11.1 Å². The standard InChI is InChI=1S/C11H12BrF3N2O/c1-6-3-7(12)5-8(4-6)17-9(18)10(2,16)11(13,14)15/h3-5H,16H2,1-2H3,(H,17,18). The van der Waals surface area contributed by atoms with Crippen molar-refractivity contribution in [1.82, 2.24) is 0 Å². The average Bonchev–Trinajstić information content (AvgIpc) is 2.13. The molecule has 0 aliphatic rings. The Bertz CT molecular complexity index is 452. The van der Waals surface area contributed by atoms with E-state index in [4.69, 9.17) is 5.73 Å². The molecule has 1 rings (SSSR count). The number of hydrogen-bond donors (Lipinski definition) is 2. The molecule has 1 atom stereocenters. The normalized spacial score (nSPS) is 15.1. The highest BCUT2D eigenvalue weighted by atomic mass is 79.9. The molecular weight excluding hydrogens is 313 g/mol. The third-order valence-corrected chi connectivity index (χ3v) is 2.82. The first-order valence-corrected chi connectivity index (χ1v) is 5.77. The van der Waals surface area contributed by atoms with Crippen molar-refractivity contribution in [3.05, 3.63) is 28.2 Å². The Morgan fingerprint density at radius 3 is 2.33 bits per heavy atom. The predicted octanol–water partition coefficient (Wildman–Crippen LogP) is 2.98. The van der Waals surface area contributed by atoms with Gasteiger partial charge in [-0.15, -0.1) is 0 Å². The highest BCUT2D eigenvalue weighted by molar-refractivity contribution is 9.10. The fourth-order valence-electron chi connectivity index (χ4n) is 1.20. The average molecular weight is 325 g/mol. The van der Waals surface area contributed by atoms with Crippen molar-refractivity contribution in [1.29, 1.82) is 0 Å². The van der Waals surface area contributed by atoms with Crippen LogP contribution in [0.1, 0.15) is 12.5 Å². The zero-order chi connectivity index (χ0) is 14.1. The van der Waals surface area contributed by atoms with Gasteiger partial charge in [0.05, 0.1) is 0 Å². The monoisotopic (exact) mass is 324 g/mol. The van der Waals surface area contributed by atoms with Gasteiger partial charge in [-0.3, -0.25) is 4.79 Å². The van der Waals surface area contributed by atoms with Gasteiger partial charge in [-0.25, -0.2) is 0 Å². The van der Waals surface area contributed by atoms with Crippen LogP contribution in [0.5, 0.6) is 0 Å². The maximum absolute atomic E-state index is 12.6. The van der Waals surface area contributed by atoms with Crippen LogP contribution in [0.3, 0.4) is 0 Å². The molecule has 0 saturated heterocycles. The highest BCUT2D eigenvalue weighted by Gasteiger charge is 2.53. The first-order valence-electron chi connectivity index (χ1n) is 4.98. The van der Waals surface area contributed by atoms with Gasteiger partial charge in [-0.05, 0) is 37.6 Å². The van der Waals surface area contributed by atoms with Gasteiger partial charge in [-0.2, -0.15) is 13.2 Å². The van der Waals surface area contributed by atoms with Crippen LogP contribution in [0.25, 0.3) is 0 Å². The number of amides is 1. The number of halogens is 4. The van der Waals surface area contributed by atoms with E-state index < -0.39 is 17.6 Å². The molecule has 3 nitrogen and oxygen atoms in total. The molecule has 0 radical (unpaired) electrons. The maximum atomic E-state index is 12.6. The van der Waals surface area contributed by atoms with Crippen molar-refractivity contribution in [3.63, 3.8) is 0 Å². The fraction of sp³-hybridized carbons (Fsp3) is 0.364. The van der Waals surface area contributed by atoms with Crippen molar-refractivity contribution >= 4 is 27.5 Å². The minimum atomic E-state index is -4.81. The summed E-state index contributed by atoms with van der Waals surface area (Å²) in [6.07, 6.45) is -4.81. The molecule has 7 heteroatoms. The van der Waals surface area contributed by atoms with Crippen LogP contribution in [0.4, 0.5) is 18.9 Å². The molecule has 0 spiro atoms. The minimum absolute atomic E-state index is 0.257. The number of carbonyl (C=O) groups excluding carboxylic acids is 1. The zero-order valence-corrected chi connectivity index (χ0v) is 11.3. The fourth-order valence-corrected chi connectivity index (χ4v) is 1.81. The maximum Gasteiger partial charge on any atom is 0.415 e. The second-order valence-electron chi connectivity index (χ2n) is 4.17. The lowest BCUT2D eigenvalue weighted by atomic mass is 10.0. The van der Waals surface area contributed by atoms with Crippen LogP contribution in [-0.2, 0) is 4.79 Å². The summed E-state index contributed by atoms with van der Waals surface area (Å²) in [6.45, 7) is 2.39. The lowest BCUT2D eigenvalue weighted by Gasteiger charge is -2.26. The molecule has 1 amide bonds. The second-order valence-corrected chi connectivity index (χ2v) is 5.09. The molecule has 0 bridgehead atoms. The molecule has 100 valence electrons. The largest absolute Gasteiger partial charge is 0.415 e. The lowest BCUT2D eigenvalue weighted by Crippen LogP contribution is -2.59. The van der Waals surface area contributed by atoms with E-state index in [1.54, 1.807) is 19.1 Å². The first-order chi connectivity index (χ1) is 8.04. The number of nitrogens with one attached hydrogen (secondary N) is 1. The van der Waals surface area contributed by atoms with Crippen molar-refractivity contribution in [2.75, 3.05) is 5.32 Å². The van der Waals surface area contributed by atoms with Crippen LogP contribution >= 0.6 is 15.9 Å². The van der Waals surface area contributed by atoms with E-state index in [1.165, 1.54) is 6.07 Å². The topological polar surface area (TPSA) is 55.1 Å². The van der Waals surface area contributed by atoms with Crippen molar-refractivity contribution in [2.24, 2.45) is 5.73 Å². The molecule has 1 unspecified atom stereocenters. The van der Waals surface area contributed by atoms with Gasteiger partial charge < -0.3 is 11.1 Å². The third-order valence-electron chi connectivity index (χ3n) is 2.36. The molecular formula is C11H12BrF3N2O. The van der Waals surface area contributed by atoms with Crippen molar-refractivity contribution in [3.8, 4) is 0 Å². The Hall–Kier alpha value is -1.08. The summed E-state index contributed by atoms with van der Waals surface area (Å²) >= 11 is 3.19. The van der Waals surface area contributed by atoms with E-state index in [9.17, 15) is 18.0 Å². The first kappa shape index (κ1) is 15.0. The molecule has 0 aromatic heterocycles. The summed E-state index contributed by atoms with van der Waals surface area (Å²) in [6, 6.07) is 4.81. The van der Waals surface area contributed by atoms with E-state index >= 15 is 0 Å². The molecule has 18 heavy (non-hydrogen) atoms. The number of benzene rings is 1. The molecule has 3 N–H and O–H groups in total. The summed E-state index contributed by atoms with van der Waals surface area (Å²) in [5.74, 6) is -1.30. The number of anilines is 1. The molecule has 0 aliphatic heterocycles. The molecule has 0 fully saturated rings. The van der Waals surface area contributed by atoms with E-state index in [2.05, 4.69) is 21.2 Å². The van der Waals surface area contributed by atoms with Gasteiger partial charge in [0.15, 0.2) is 5.54 Å². The van der Waals surface area contributed by atoms with Crippen LogP contribution in [0.2, 0.25) is 0 Å². The van der Waals surface area contributed by atoms with Crippen LogP contribution in [-0.4, -0.2) is 17.6 Å². The summed E-state index contributed by atoms with van der Waals surface area (Å²) in [5.41, 5.74) is 3.14. The minimum Gasteiger partial charge on any atom is -0.324 e. The molecule has 1 aromatic rings. The van der Waals surface area contributed by atoms with E-state index in [1.807, 2.05) is 0 Å². The third kappa shape index (κ3) is 3.23. The number of carbonyl (C=O) groups is 1. The Labute approximate surface area is 111 Å². The molecule has 0 aliphatic carbocycles. The Balaban J connectivity index is 2.95. The summed E-state index contributed by atoms with van der Waals surface area (Å²) in [4.78, 5) is 11.5. The van der Waals surface area contributed by atoms with Crippen molar-refractivity contribution in [2.45, 2.75) is 25.6 Å².